The molecule has 1 saturated heterocycles. The highest BCUT2D eigenvalue weighted by Crippen LogP contribution is 2.46. The Morgan fingerprint density at radius 3 is 2.56 bits per heavy atom. The third-order valence-electron chi connectivity index (χ3n) is 4.67. The van der Waals surface area contributed by atoms with Gasteiger partial charge in [-0.3, -0.25) is 15.0 Å². The minimum absolute atomic E-state index is 0.0862. The Balaban J connectivity index is 1.77. The quantitative estimate of drug-likeness (QED) is 0.501. The molecule has 0 bridgehead atoms. The first-order valence-electron chi connectivity index (χ1n) is 8.41. The van der Waals surface area contributed by atoms with Crippen LogP contribution in [0.4, 0.5) is 21.9 Å². The van der Waals surface area contributed by atoms with E-state index in [4.69, 9.17) is 10.5 Å². The van der Waals surface area contributed by atoms with Gasteiger partial charge in [-0.25, -0.2) is 4.79 Å². The molecule has 8 heteroatoms. The van der Waals surface area contributed by atoms with E-state index in [0.717, 1.165) is 18.5 Å². The number of ether oxygens (including phenoxy) is 1. The van der Waals surface area contributed by atoms with Crippen LogP contribution in [0.15, 0.2) is 18.2 Å². The van der Waals surface area contributed by atoms with Gasteiger partial charge >= 0.3 is 6.09 Å². The van der Waals surface area contributed by atoms with Crippen LogP contribution in [-0.2, 0) is 4.74 Å². The summed E-state index contributed by atoms with van der Waals surface area (Å²) in [5.74, 6) is 0. The lowest BCUT2D eigenvalue weighted by atomic mass is 10.1. The average molecular weight is 348 g/mol. The van der Waals surface area contributed by atoms with Crippen LogP contribution in [0.25, 0.3) is 0 Å². The largest absolute Gasteiger partial charge is 0.444 e. The van der Waals surface area contributed by atoms with E-state index >= 15 is 0 Å². The number of nitrogens with two attached hydrogens (primary N) is 1. The van der Waals surface area contributed by atoms with Crippen LogP contribution < -0.4 is 10.6 Å². The van der Waals surface area contributed by atoms with Crippen molar-refractivity contribution in [3.8, 4) is 0 Å². The minimum atomic E-state index is -0.526. The Morgan fingerprint density at radius 1 is 1.32 bits per heavy atom. The SMILES string of the molecule is CC(C)(C)OC(=O)N1CCN(c2ccc(N)c([N+](=O)[O-])c2)CC12CC2. The molecule has 1 amide bonds. The molecule has 0 aromatic heterocycles. The predicted octanol–water partition coefficient (Wildman–Crippen LogP) is 2.77. The molecule has 3 rings (SSSR count). The highest BCUT2D eigenvalue weighted by atomic mass is 16.6. The van der Waals surface area contributed by atoms with Gasteiger partial charge in [0.15, 0.2) is 0 Å². The fourth-order valence-corrected chi connectivity index (χ4v) is 3.26. The summed E-state index contributed by atoms with van der Waals surface area (Å²) in [5, 5.41) is 11.1. The van der Waals surface area contributed by atoms with Crippen molar-refractivity contribution in [3.05, 3.63) is 28.3 Å². The van der Waals surface area contributed by atoms with Crippen molar-refractivity contribution in [2.75, 3.05) is 30.3 Å². The Kier molecular flexibility index (Phi) is 4.01. The predicted molar refractivity (Wildman–Crippen MR) is 94.6 cm³/mol. The van der Waals surface area contributed by atoms with Crippen LogP contribution in [0.2, 0.25) is 0 Å². The molecule has 0 unspecified atom stereocenters. The van der Waals surface area contributed by atoms with Crippen LogP contribution in [0.5, 0.6) is 0 Å². The molecule has 1 heterocycles. The summed E-state index contributed by atoms with van der Waals surface area (Å²) in [6, 6.07) is 4.86. The van der Waals surface area contributed by atoms with Gasteiger partial charge in [0.2, 0.25) is 0 Å². The highest BCUT2D eigenvalue weighted by Gasteiger charge is 2.54. The number of nitro groups is 1. The van der Waals surface area contributed by atoms with Crippen LogP contribution in [0.1, 0.15) is 33.6 Å². The van der Waals surface area contributed by atoms with Gasteiger partial charge in [0.25, 0.3) is 5.69 Å². The summed E-state index contributed by atoms with van der Waals surface area (Å²) in [4.78, 5) is 27.0. The van der Waals surface area contributed by atoms with Gasteiger partial charge in [-0.1, -0.05) is 0 Å². The van der Waals surface area contributed by atoms with Gasteiger partial charge < -0.3 is 15.4 Å². The maximum atomic E-state index is 12.5. The Morgan fingerprint density at radius 2 is 2.00 bits per heavy atom. The number of nitrogens with zero attached hydrogens (tertiary/aromatic N) is 3. The first-order valence-corrected chi connectivity index (χ1v) is 8.41. The number of hydrogen-bond donors (Lipinski definition) is 1. The zero-order valence-corrected chi connectivity index (χ0v) is 14.8. The fourth-order valence-electron chi connectivity index (χ4n) is 3.26. The summed E-state index contributed by atoms with van der Waals surface area (Å²) in [6.45, 7) is 7.35. The van der Waals surface area contributed by atoms with E-state index < -0.39 is 10.5 Å². The van der Waals surface area contributed by atoms with Crippen LogP contribution >= 0.6 is 0 Å². The molecular weight excluding hydrogens is 324 g/mol. The number of benzene rings is 1. The zero-order valence-electron chi connectivity index (χ0n) is 14.8. The number of rotatable bonds is 2. The molecule has 2 N–H and O–H groups in total. The molecule has 2 fully saturated rings. The summed E-state index contributed by atoms with van der Waals surface area (Å²) in [7, 11) is 0. The molecule has 1 saturated carbocycles. The van der Waals surface area contributed by atoms with E-state index in [1.807, 2.05) is 25.7 Å². The third kappa shape index (κ3) is 3.47. The normalized spacial score (nSPS) is 19.0. The lowest BCUT2D eigenvalue weighted by Gasteiger charge is -2.43. The summed E-state index contributed by atoms with van der Waals surface area (Å²) in [5.41, 5.74) is 5.75. The van der Waals surface area contributed by atoms with Crippen molar-refractivity contribution >= 4 is 23.2 Å². The van der Waals surface area contributed by atoms with Gasteiger partial charge in [0.05, 0.1) is 10.5 Å². The van der Waals surface area contributed by atoms with Crippen LogP contribution in [0, 0.1) is 10.1 Å². The number of nitrogen functional groups attached to an aromatic ring is 1. The molecule has 2 aliphatic rings. The second-order valence-corrected chi connectivity index (χ2v) is 7.78. The molecule has 1 aromatic rings. The van der Waals surface area contributed by atoms with Crippen molar-refractivity contribution in [2.45, 2.75) is 44.8 Å². The smallest absolute Gasteiger partial charge is 0.410 e. The van der Waals surface area contributed by atoms with Crippen molar-refractivity contribution in [2.24, 2.45) is 0 Å². The molecule has 25 heavy (non-hydrogen) atoms. The lowest BCUT2D eigenvalue weighted by Crippen LogP contribution is -2.58. The van der Waals surface area contributed by atoms with Gasteiger partial charge in [0, 0.05) is 31.4 Å². The van der Waals surface area contributed by atoms with E-state index in [2.05, 4.69) is 4.90 Å². The summed E-state index contributed by atoms with van der Waals surface area (Å²) in [6.07, 6.45) is 1.55. The van der Waals surface area contributed by atoms with E-state index in [0.29, 0.717) is 19.6 Å². The third-order valence-corrected chi connectivity index (χ3v) is 4.67. The van der Waals surface area contributed by atoms with E-state index in [-0.39, 0.29) is 23.0 Å². The van der Waals surface area contributed by atoms with Crippen molar-refractivity contribution in [3.63, 3.8) is 0 Å². The topological polar surface area (TPSA) is 102 Å². The number of anilines is 2. The number of amides is 1. The molecule has 0 atom stereocenters. The minimum Gasteiger partial charge on any atom is -0.444 e. The molecular formula is C17H24N4O4. The van der Waals surface area contributed by atoms with Crippen LogP contribution in [0.3, 0.4) is 0 Å². The molecule has 0 radical (unpaired) electrons. The van der Waals surface area contributed by atoms with Crippen LogP contribution in [-0.4, -0.2) is 46.7 Å². The standard InChI is InChI=1S/C17H24N4O4/c1-16(2,3)25-15(22)20-9-8-19(11-17(20)6-7-17)12-4-5-13(18)14(10-12)21(23)24/h4-5,10H,6-9,11,18H2,1-3H3. The number of carbonyl (C=O) groups is 1. The molecule has 8 nitrogen and oxygen atoms in total. The Hall–Kier alpha value is -2.51. The number of piperazine rings is 1. The lowest BCUT2D eigenvalue weighted by molar-refractivity contribution is -0.383. The molecule has 136 valence electrons. The second-order valence-electron chi connectivity index (χ2n) is 7.78. The summed E-state index contributed by atoms with van der Waals surface area (Å²) >= 11 is 0. The van der Waals surface area contributed by atoms with Crippen molar-refractivity contribution in [1.29, 1.82) is 0 Å². The fraction of sp³-hybridized carbons (Fsp3) is 0.588. The maximum absolute atomic E-state index is 12.5. The monoisotopic (exact) mass is 348 g/mol. The van der Waals surface area contributed by atoms with Gasteiger partial charge in [-0.2, -0.15) is 0 Å². The van der Waals surface area contributed by atoms with Gasteiger partial charge in [0.1, 0.15) is 11.3 Å². The van der Waals surface area contributed by atoms with Crippen molar-refractivity contribution < 1.29 is 14.5 Å². The van der Waals surface area contributed by atoms with E-state index in [1.54, 1.807) is 12.1 Å². The van der Waals surface area contributed by atoms with E-state index in [1.165, 1.54) is 6.07 Å². The first kappa shape index (κ1) is 17.3. The number of carbonyl (C=O) groups excluding carboxylic acids is 1. The maximum Gasteiger partial charge on any atom is 0.410 e. The van der Waals surface area contributed by atoms with Crippen molar-refractivity contribution in [1.82, 2.24) is 4.90 Å². The van der Waals surface area contributed by atoms with Gasteiger partial charge in [-0.15, -0.1) is 0 Å². The molecule has 1 aliphatic heterocycles. The summed E-state index contributed by atoms with van der Waals surface area (Å²) < 4.78 is 5.52. The van der Waals surface area contributed by atoms with E-state index in [9.17, 15) is 14.9 Å². The number of nitro benzene ring substituents is 1. The Bertz CT molecular complexity index is 709. The van der Waals surface area contributed by atoms with Gasteiger partial charge in [-0.05, 0) is 45.7 Å². The average Bonchev–Trinajstić information content (AvgIpc) is 3.25. The zero-order chi connectivity index (χ0) is 18.4. The Labute approximate surface area is 146 Å². The number of hydrogen-bond acceptors (Lipinski definition) is 6. The molecule has 1 aliphatic carbocycles. The molecule has 1 aromatic carbocycles. The second kappa shape index (κ2) is 5.79. The first-order chi connectivity index (χ1) is 11.6. The highest BCUT2D eigenvalue weighted by molar-refractivity contribution is 5.71. The molecule has 1 spiro atoms.